The highest BCUT2D eigenvalue weighted by Gasteiger charge is 2.12. The molecule has 0 unspecified atom stereocenters. The Morgan fingerprint density at radius 1 is 1.53 bits per heavy atom. The first kappa shape index (κ1) is 11.9. The lowest BCUT2D eigenvalue weighted by Crippen LogP contribution is -1.98. The van der Waals surface area contributed by atoms with E-state index in [1.807, 2.05) is 37.0 Å². The van der Waals surface area contributed by atoms with Crippen LogP contribution in [0.25, 0.3) is 0 Å². The van der Waals surface area contributed by atoms with Crippen LogP contribution in [-0.4, -0.2) is 20.1 Å². The molecular formula is C12H14ClN3O. The van der Waals surface area contributed by atoms with Crippen LogP contribution in [0, 0.1) is 6.92 Å². The molecule has 0 aliphatic carbocycles. The quantitative estimate of drug-likeness (QED) is 0.786. The van der Waals surface area contributed by atoms with Crippen LogP contribution in [-0.2, 0) is 13.6 Å². The normalized spacial score (nSPS) is 10.8. The molecule has 0 aliphatic rings. The maximum absolute atomic E-state index is 11.2. The topological polar surface area (TPSA) is 39.8 Å². The number of Topliss-reactive ketones (excluding diaryl/α,β-unsaturated/α-hetero) is 1. The number of ketones is 1. The van der Waals surface area contributed by atoms with E-state index in [-0.39, 0.29) is 5.78 Å². The first-order valence-electron chi connectivity index (χ1n) is 5.33. The van der Waals surface area contributed by atoms with Gasteiger partial charge in [-0.15, -0.1) is 0 Å². The summed E-state index contributed by atoms with van der Waals surface area (Å²) >= 11 is 6.15. The molecular weight excluding hydrogens is 238 g/mol. The lowest BCUT2D eigenvalue weighted by Gasteiger charge is -2.02. The smallest absolute Gasteiger partial charge is 0.161 e. The highest BCUT2D eigenvalue weighted by molar-refractivity contribution is 6.30. The summed E-state index contributed by atoms with van der Waals surface area (Å²) in [5, 5.41) is 4.89. The van der Waals surface area contributed by atoms with E-state index in [4.69, 9.17) is 11.6 Å². The fraction of sp³-hybridized carbons (Fsp3) is 0.333. The Kier molecular flexibility index (Phi) is 3.07. The van der Waals surface area contributed by atoms with Crippen LogP contribution in [0.1, 0.15) is 28.5 Å². The van der Waals surface area contributed by atoms with Gasteiger partial charge in [-0.05, 0) is 19.9 Å². The first-order valence-corrected chi connectivity index (χ1v) is 5.71. The lowest BCUT2D eigenvalue weighted by molar-refractivity contribution is 0.101. The Labute approximate surface area is 105 Å². The average molecular weight is 252 g/mol. The maximum Gasteiger partial charge on any atom is 0.161 e. The summed E-state index contributed by atoms with van der Waals surface area (Å²) < 4.78 is 3.59. The molecule has 0 spiro atoms. The van der Waals surface area contributed by atoms with E-state index in [1.165, 1.54) is 0 Å². The lowest BCUT2D eigenvalue weighted by atomic mass is 10.2. The van der Waals surface area contributed by atoms with E-state index in [0.717, 1.165) is 11.3 Å². The molecule has 0 fully saturated rings. The molecule has 0 amide bonds. The fourth-order valence-corrected chi connectivity index (χ4v) is 2.02. The standard InChI is InChI=1S/C12H14ClN3O/c1-8-11(12(13)15(3)14-8)7-16-5-4-10(6-16)9(2)17/h4-6H,7H2,1-3H3. The minimum atomic E-state index is 0.0674. The number of halogens is 1. The minimum Gasteiger partial charge on any atom is -0.349 e. The number of hydrogen-bond acceptors (Lipinski definition) is 2. The van der Waals surface area contributed by atoms with Crippen LogP contribution in [0.2, 0.25) is 5.15 Å². The van der Waals surface area contributed by atoms with Gasteiger partial charge >= 0.3 is 0 Å². The van der Waals surface area contributed by atoms with Gasteiger partial charge in [-0.1, -0.05) is 11.6 Å². The largest absolute Gasteiger partial charge is 0.349 e. The van der Waals surface area contributed by atoms with Gasteiger partial charge in [0, 0.05) is 30.6 Å². The monoisotopic (exact) mass is 251 g/mol. The zero-order valence-corrected chi connectivity index (χ0v) is 10.8. The van der Waals surface area contributed by atoms with Gasteiger partial charge in [0.15, 0.2) is 5.78 Å². The van der Waals surface area contributed by atoms with E-state index in [0.29, 0.717) is 17.3 Å². The first-order chi connectivity index (χ1) is 7.99. The van der Waals surface area contributed by atoms with Crippen molar-refractivity contribution in [3.8, 4) is 0 Å². The molecule has 0 saturated heterocycles. The molecule has 2 aromatic rings. The molecule has 0 N–H and O–H groups in total. The van der Waals surface area contributed by atoms with Crippen molar-refractivity contribution in [1.29, 1.82) is 0 Å². The summed E-state index contributed by atoms with van der Waals surface area (Å²) in [4.78, 5) is 11.2. The van der Waals surface area contributed by atoms with Gasteiger partial charge in [0.2, 0.25) is 0 Å². The SMILES string of the molecule is CC(=O)c1ccn(Cc2c(C)nn(C)c2Cl)c1. The second kappa shape index (κ2) is 4.37. The number of hydrogen-bond donors (Lipinski definition) is 0. The molecule has 2 rings (SSSR count). The van der Waals surface area contributed by atoms with Gasteiger partial charge in [0.1, 0.15) is 5.15 Å². The Hall–Kier alpha value is -1.55. The number of carbonyl (C=O) groups excluding carboxylic acids is 1. The van der Waals surface area contributed by atoms with Gasteiger partial charge in [-0.25, -0.2) is 0 Å². The van der Waals surface area contributed by atoms with Crippen LogP contribution in [0.15, 0.2) is 18.5 Å². The van der Waals surface area contributed by atoms with Crippen molar-refractivity contribution in [3.63, 3.8) is 0 Å². The van der Waals surface area contributed by atoms with Gasteiger partial charge < -0.3 is 4.57 Å². The summed E-state index contributed by atoms with van der Waals surface area (Å²) in [7, 11) is 1.81. The minimum absolute atomic E-state index is 0.0674. The number of nitrogens with zero attached hydrogens (tertiary/aromatic N) is 3. The van der Waals surface area contributed by atoms with Crippen molar-refractivity contribution < 1.29 is 4.79 Å². The third-order valence-electron chi connectivity index (χ3n) is 2.77. The Bertz CT molecular complexity index is 568. The summed E-state index contributed by atoms with van der Waals surface area (Å²) in [6.07, 6.45) is 3.70. The van der Waals surface area contributed by atoms with E-state index >= 15 is 0 Å². The summed E-state index contributed by atoms with van der Waals surface area (Å²) in [6.45, 7) is 4.12. The second-order valence-electron chi connectivity index (χ2n) is 4.11. The Morgan fingerprint density at radius 2 is 2.24 bits per heavy atom. The third kappa shape index (κ3) is 2.26. The molecule has 2 heterocycles. The number of aryl methyl sites for hydroxylation is 2. The molecule has 0 bridgehead atoms. The Balaban J connectivity index is 2.28. The summed E-state index contributed by atoms with van der Waals surface area (Å²) in [6, 6.07) is 1.81. The Morgan fingerprint density at radius 3 is 2.71 bits per heavy atom. The predicted molar refractivity (Wildman–Crippen MR) is 66.5 cm³/mol. The number of rotatable bonds is 3. The van der Waals surface area contributed by atoms with Crippen molar-refractivity contribution in [2.75, 3.05) is 0 Å². The van der Waals surface area contributed by atoms with Crippen molar-refractivity contribution in [3.05, 3.63) is 40.4 Å². The molecule has 4 nitrogen and oxygen atoms in total. The fourth-order valence-electron chi connectivity index (χ4n) is 1.78. The molecule has 0 aliphatic heterocycles. The molecule has 0 radical (unpaired) electrons. The highest BCUT2D eigenvalue weighted by Crippen LogP contribution is 2.20. The van der Waals surface area contributed by atoms with E-state index in [2.05, 4.69) is 5.10 Å². The average Bonchev–Trinajstić information content (AvgIpc) is 2.80. The number of carbonyl (C=O) groups is 1. The number of aromatic nitrogens is 3. The molecule has 2 aromatic heterocycles. The van der Waals surface area contributed by atoms with Gasteiger partial charge in [-0.3, -0.25) is 9.48 Å². The van der Waals surface area contributed by atoms with Crippen LogP contribution in [0.3, 0.4) is 0 Å². The van der Waals surface area contributed by atoms with Crippen molar-refractivity contribution in [1.82, 2.24) is 14.3 Å². The predicted octanol–water partition coefficient (Wildman–Crippen LogP) is 2.43. The summed E-state index contributed by atoms with van der Waals surface area (Å²) in [5.41, 5.74) is 2.61. The van der Waals surface area contributed by atoms with Gasteiger partial charge in [0.05, 0.1) is 12.2 Å². The second-order valence-corrected chi connectivity index (χ2v) is 4.47. The van der Waals surface area contributed by atoms with E-state index in [1.54, 1.807) is 11.6 Å². The van der Waals surface area contributed by atoms with E-state index < -0.39 is 0 Å². The van der Waals surface area contributed by atoms with Crippen LogP contribution in [0.5, 0.6) is 0 Å². The maximum atomic E-state index is 11.2. The third-order valence-corrected chi connectivity index (χ3v) is 3.24. The van der Waals surface area contributed by atoms with Crippen molar-refractivity contribution in [2.24, 2.45) is 7.05 Å². The zero-order chi connectivity index (χ0) is 12.6. The molecule has 17 heavy (non-hydrogen) atoms. The molecule has 90 valence electrons. The van der Waals surface area contributed by atoms with Crippen LogP contribution >= 0.6 is 11.6 Å². The summed E-state index contributed by atoms with van der Waals surface area (Å²) in [5.74, 6) is 0.0674. The van der Waals surface area contributed by atoms with Crippen molar-refractivity contribution >= 4 is 17.4 Å². The molecule has 0 saturated carbocycles. The van der Waals surface area contributed by atoms with Crippen LogP contribution in [0.4, 0.5) is 0 Å². The van der Waals surface area contributed by atoms with E-state index in [9.17, 15) is 4.79 Å². The molecule has 0 atom stereocenters. The van der Waals surface area contributed by atoms with Crippen molar-refractivity contribution in [2.45, 2.75) is 20.4 Å². The van der Waals surface area contributed by atoms with Gasteiger partial charge in [-0.2, -0.15) is 5.10 Å². The molecule has 5 heteroatoms. The van der Waals surface area contributed by atoms with Gasteiger partial charge in [0.25, 0.3) is 0 Å². The molecule has 0 aromatic carbocycles. The zero-order valence-electron chi connectivity index (χ0n) is 10.1. The highest BCUT2D eigenvalue weighted by atomic mass is 35.5. The van der Waals surface area contributed by atoms with Crippen LogP contribution < -0.4 is 0 Å².